The molecular formula is C15H12F2N2O3. The standard InChI is InChI=1S/C15H12F2N2O3/c1-19(10-3-5-11(20)6-4-10)15(22)14(21)18-13-8-9(16)2-7-12(13)17/h2-8,20H,1H3,(H,18,21). The molecule has 0 saturated carbocycles. The van der Waals surface area contributed by atoms with Gasteiger partial charge in [-0.15, -0.1) is 0 Å². The monoisotopic (exact) mass is 306 g/mol. The molecule has 0 aliphatic heterocycles. The maximum Gasteiger partial charge on any atom is 0.316 e. The van der Waals surface area contributed by atoms with E-state index in [0.717, 1.165) is 23.1 Å². The maximum atomic E-state index is 13.4. The molecule has 2 N–H and O–H groups in total. The minimum absolute atomic E-state index is 0.0101. The Morgan fingerprint density at radius 2 is 1.73 bits per heavy atom. The number of halogens is 2. The van der Waals surface area contributed by atoms with Gasteiger partial charge in [-0.25, -0.2) is 8.78 Å². The van der Waals surface area contributed by atoms with Crippen molar-refractivity contribution in [2.45, 2.75) is 0 Å². The first-order valence-electron chi connectivity index (χ1n) is 6.21. The SMILES string of the molecule is CN(C(=O)C(=O)Nc1cc(F)ccc1F)c1ccc(O)cc1. The number of hydrogen-bond acceptors (Lipinski definition) is 3. The molecule has 114 valence electrons. The molecule has 2 rings (SSSR count). The van der Waals surface area contributed by atoms with Crippen molar-refractivity contribution < 1.29 is 23.5 Å². The molecule has 0 bridgehead atoms. The van der Waals surface area contributed by atoms with Gasteiger partial charge < -0.3 is 15.3 Å². The van der Waals surface area contributed by atoms with E-state index >= 15 is 0 Å². The van der Waals surface area contributed by atoms with E-state index in [2.05, 4.69) is 0 Å². The number of hydrogen-bond donors (Lipinski definition) is 2. The Labute approximate surface area is 124 Å². The fourth-order valence-corrected chi connectivity index (χ4v) is 1.71. The third kappa shape index (κ3) is 3.38. The molecule has 0 aliphatic rings. The van der Waals surface area contributed by atoms with Gasteiger partial charge in [0.15, 0.2) is 0 Å². The van der Waals surface area contributed by atoms with Gasteiger partial charge in [0.1, 0.15) is 17.4 Å². The molecule has 0 unspecified atom stereocenters. The zero-order valence-corrected chi connectivity index (χ0v) is 11.5. The van der Waals surface area contributed by atoms with Crippen LogP contribution in [0.25, 0.3) is 0 Å². The molecule has 2 amide bonds. The number of rotatable bonds is 2. The van der Waals surface area contributed by atoms with Crippen LogP contribution in [0, 0.1) is 11.6 Å². The van der Waals surface area contributed by atoms with E-state index in [1.165, 1.54) is 31.3 Å². The Hall–Kier alpha value is -2.96. The Bertz CT molecular complexity index is 717. The smallest absolute Gasteiger partial charge is 0.316 e. The summed E-state index contributed by atoms with van der Waals surface area (Å²) in [4.78, 5) is 24.8. The zero-order valence-electron chi connectivity index (χ0n) is 11.5. The van der Waals surface area contributed by atoms with Crippen molar-refractivity contribution in [1.82, 2.24) is 0 Å². The lowest BCUT2D eigenvalue weighted by Crippen LogP contribution is -2.37. The lowest BCUT2D eigenvalue weighted by Gasteiger charge is -2.17. The van der Waals surface area contributed by atoms with Gasteiger partial charge in [-0.3, -0.25) is 9.59 Å². The number of carbonyl (C=O) groups excluding carboxylic acids is 2. The molecule has 0 aromatic heterocycles. The molecule has 22 heavy (non-hydrogen) atoms. The molecule has 0 aliphatic carbocycles. The Balaban J connectivity index is 2.13. The molecule has 0 atom stereocenters. The van der Waals surface area contributed by atoms with E-state index in [4.69, 9.17) is 0 Å². The summed E-state index contributed by atoms with van der Waals surface area (Å²) < 4.78 is 26.5. The fraction of sp³-hybridized carbons (Fsp3) is 0.0667. The van der Waals surface area contributed by atoms with Crippen molar-refractivity contribution in [3.8, 4) is 5.75 Å². The number of nitrogens with one attached hydrogen (secondary N) is 1. The minimum atomic E-state index is -1.11. The van der Waals surface area contributed by atoms with Crippen LogP contribution in [-0.4, -0.2) is 24.0 Å². The van der Waals surface area contributed by atoms with Crippen molar-refractivity contribution >= 4 is 23.2 Å². The Kier molecular flexibility index (Phi) is 4.36. The quantitative estimate of drug-likeness (QED) is 0.836. The Morgan fingerprint density at radius 1 is 1.09 bits per heavy atom. The van der Waals surface area contributed by atoms with Gasteiger partial charge >= 0.3 is 11.8 Å². The van der Waals surface area contributed by atoms with Gasteiger partial charge in [0, 0.05) is 18.8 Å². The van der Waals surface area contributed by atoms with Crippen molar-refractivity contribution in [2.75, 3.05) is 17.3 Å². The fourth-order valence-electron chi connectivity index (χ4n) is 1.71. The molecule has 2 aromatic carbocycles. The molecule has 0 radical (unpaired) electrons. The predicted octanol–water partition coefficient (Wildman–Crippen LogP) is 2.27. The van der Waals surface area contributed by atoms with Crippen LogP contribution in [0.2, 0.25) is 0 Å². The average Bonchev–Trinajstić information content (AvgIpc) is 2.50. The largest absolute Gasteiger partial charge is 0.508 e. The second-order valence-electron chi connectivity index (χ2n) is 4.46. The van der Waals surface area contributed by atoms with E-state index in [-0.39, 0.29) is 5.75 Å². The molecule has 5 nitrogen and oxygen atoms in total. The number of amides is 2. The lowest BCUT2D eigenvalue weighted by atomic mass is 10.2. The number of likely N-dealkylation sites (N-methyl/N-ethyl adjacent to an activating group) is 1. The third-order valence-corrected chi connectivity index (χ3v) is 2.91. The molecule has 7 heteroatoms. The van der Waals surface area contributed by atoms with Crippen molar-refractivity contribution in [2.24, 2.45) is 0 Å². The number of carbonyl (C=O) groups is 2. The summed E-state index contributed by atoms with van der Waals surface area (Å²) in [6.45, 7) is 0. The molecule has 0 saturated heterocycles. The first kappa shape index (κ1) is 15.4. The van der Waals surface area contributed by atoms with Crippen LogP contribution in [0.5, 0.6) is 5.75 Å². The van der Waals surface area contributed by atoms with Crippen LogP contribution in [-0.2, 0) is 9.59 Å². The van der Waals surface area contributed by atoms with E-state index in [9.17, 15) is 23.5 Å². The summed E-state index contributed by atoms with van der Waals surface area (Å²) >= 11 is 0. The Morgan fingerprint density at radius 3 is 2.36 bits per heavy atom. The molecule has 0 spiro atoms. The average molecular weight is 306 g/mol. The highest BCUT2D eigenvalue weighted by molar-refractivity contribution is 6.44. The van der Waals surface area contributed by atoms with Crippen LogP contribution < -0.4 is 10.2 Å². The van der Waals surface area contributed by atoms with Crippen molar-refractivity contribution in [1.29, 1.82) is 0 Å². The highest BCUT2D eigenvalue weighted by atomic mass is 19.1. The summed E-state index contributed by atoms with van der Waals surface area (Å²) in [6, 6.07) is 8.09. The van der Waals surface area contributed by atoms with Gasteiger partial charge in [0.2, 0.25) is 0 Å². The highest BCUT2D eigenvalue weighted by Crippen LogP contribution is 2.18. The summed E-state index contributed by atoms with van der Waals surface area (Å²) in [5, 5.41) is 11.2. The summed E-state index contributed by atoms with van der Waals surface area (Å²) in [7, 11) is 1.34. The molecular weight excluding hydrogens is 294 g/mol. The number of phenolic OH excluding ortho intramolecular Hbond substituents is 1. The molecule has 2 aromatic rings. The van der Waals surface area contributed by atoms with E-state index in [0.29, 0.717) is 5.69 Å². The summed E-state index contributed by atoms with van der Waals surface area (Å²) in [5.41, 5.74) is -0.0601. The minimum Gasteiger partial charge on any atom is -0.508 e. The number of nitrogens with zero attached hydrogens (tertiary/aromatic N) is 1. The van der Waals surface area contributed by atoms with E-state index in [1.807, 2.05) is 5.32 Å². The number of phenols is 1. The van der Waals surface area contributed by atoms with Crippen LogP contribution in [0.15, 0.2) is 42.5 Å². The number of aromatic hydroxyl groups is 1. The highest BCUT2D eigenvalue weighted by Gasteiger charge is 2.21. The first-order valence-corrected chi connectivity index (χ1v) is 6.21. The van der Waals surface area contributed by atoms with Gasteiger partial charge in [-0.2, -0.15) is 0 Å². The van der Waals surface area contributed by atoms with Crippen LogP contribution in [0.1, 0.15) is 0 Å². The van der Waals surface area contributed by atoms with Gasteiger partial charge in [-0.1, -0.05) is 0 Å². The third-order valence-electron chi connectivity index (χ3n) is 2.91. The van der Waals surface area contributed by atoms with Gasteiger partial charge in [0.05, 0.1) is 5.69 Å². The van der Waals surface area contributed by atoms with E-state index in [1.54, 1.807) is 0 Å². The van der Waals surface area contributed by atoms with E-state index < -0.39 is 29.1 Å². The van der Waals surface area contributed by atoms with Crippen molar-refractivity contribution in [3.05, 3.63) is 54.1 Å². The van der Waals surface area contributed by atoms with Crippen LogP contribution >= 0.6 is 0 Å². The normalized spacial score (nSPS) is 10.1. The molecule has 0 heterocycles. The maximum absolute atomic E-state index is 13.4. The summed E-state index contributed by atoms with van der Waals surface area (Å²) in [6.07, 6.45) is 0. The van der Waals surface area contributed by atoms with Gasteiger partial charge in [-0.05, 0) is 36.4 Å². The second kappa shape index (κ2) is 6.21. The lowest BCUT2D eigenvalue weighted by molar-refractivity contribution is -0.134. The number of benzene rings is 2. The van der Waals surface area contributed by atoms with Crippen molar-refractivity contribution in [3.63, 3.8) is 0 Å². The molecule has 0 fully saturated rings. The second-order valence-corrected chi connectivity index (χ2v) is 4.46. The zero-order chi connectivity index (χ0) is 16.3. The van der Waals surface area contributed by atoms with Crippen LogP contribution in [0.4, 0.5) is 20.2 Å². The first-order chi connectivity index (χ1) is 10.4. The predicted molar refractivity (Wildman–Crippen MR) is 76.5 cm³/mol. The number of anilines is 2. The topological polar surface area (TPSA) is 69.6 Å². The summed E-state index contributed by atoms with van der Waals surface area (Å²) in [5.74, 6) is -3.66. The van der Waals surface area contributed by atoms with Crippen LogP contribution in [0.3, 0.4) is 0 Å². The van der Waals surface area contributed by atoms with Gasteiger partial charge in [0.25, 0.3) is 0 Å².